The summed E-state index contributed by atoms with van der Waals surface area (Å²) in [6, 6.07) is 9.36. The minimum absolute atomic E-state index is 0.135. The van der Waals surface area contributed by atoms with Crippen LogP contribution in [0.15, 0.2) is 41.8 Å². The molecule has 1 aromatic carbocycles. The third kappa shape index (κ3) is 5.11. The van der Waals surface area contributed by atoms with Gasteiger partial charge in [0, 0.05) is 29.8 Å². The molecule has 0 aliphatic carbocycles. The van der Waals surface area contributed by atoms with Crippen molar-refractivity contribution in [3.05, 3.63) is 58.0 Å². The first kappa shape index (κ1) is 15.4. The molecule has 21 heavy (non-hydrogen) atoms. The largest absolute Gasteiger partial charge is 0.356 e. The van der Waals surface area contributed by atoms with Crippen molar-refractivity contribution in [1.29, 1.82) is 0 Å². The highest BCUT2D eigenvalue weighted by molar-refractivity contribution is 7.09. The van der Waals surface area contributed by atoms with E-state index in [1.165, 1.54) is 29.1 Å². The van der Waals surface area contributed by atoms with Gasteiger partial charge in [0.15, 0.2) is 5.78 Å². The molecule has 2 aromatic rings. The highest BCUT2D eigenvalue weighted by Crippen LogP contribution is 2.09. The molecule has 2 rings (SSSR count). The van der Waals surface area contributed by atoms with Crippen LogP contribution in [0.25, 0.3) is 0 Å². The molecule has 1 amide bonds. The number of benzene rings is 1. The monoisotopic (exact) mass is 305 g/mol. The first-order chi connectivity index (χ1) is 10.1. The molecule has 0 spiro atoms. The predicted octanol–water partition coefficient (Wildman–Crippen LogP) is 3.21. The fourth-order valence-corrected chi connectivity index (χ4v) is 2.58. The van der Waals surface area contributed by atoms with E-state index in [4.69, 9.17) is 0 Å². The van der Waals surface area contributed by atoms with Crippen LogP contribution >= 0.6 is 11.3 Å². The van der Waals surface area contributed by atoms with Crippen LogP contribution in [0.4, 0.5) is 4.39 Å². The Morgan fingerprint density at radius 3 is 2.52 bits per heavy atom. The number of amides is 1. The van der Waals surface area contributed by atoms with Crippen LogP contribution in [-0.4, -0.2) is 18.2 Å². The van der Waals surface area contributed by atoms with Crippen LogP contribution in [0.3, 0.4) is 0 Å². The summed E-state index contributed by atoms with van der Waals surface area (Å²) in [7, 11) is 0. The van der Waals surface area contributed by atoms with E-state index in [1.54, 1.807) is 11.3 Å². The van der Waals surface area contributed by atoms with E-state index in [0.717, 1.165) is 6.42 Å². The van der Waals surface area contributed by atoms with Crippen LogP contribution in [0.5, 0.6) is 0 Å². The van der Waals surface area contributed by atoms with Crippen LogP contribution in [-0.2, 0) is 11.2 Å². The van der Waals surface area contributed by atoms with Crippen molar-refractivity contribution in [1.82, 2.24) is 5.32 Å². The summed E-state index contributed by atoms with van der Waals surface area (Å²) in [5, 5.41) is 4.79. The third-order valence-electron chi connectivity index (χ3n) is 3.02. The predicted molar refractivity (Wildman–Crippen MR) is 81.0 cm³/mol. The average Bonchev–Trinajstić information content (AvgIpc) is 2.99. The smallest absolute Gasteiger partial charge is 0.220 e. The minimum Gasteiger partial charge on any atom is -0.356 e. The fourth-order valence-electron chi connectivity index (χ4n) is 1.88. The summed E-state index contributed by atoms with van der Waals surface area (Å²) in [4.78, 5) is 24.7. The maximum atomic E-state index is 12.7. The number of carbonyl (C=O) groups is 2. The lowest BCUT2D eigenvalue weighted by atomic mass is 10.1. The topological polar surface area (TPSA) is 46.2 Å². The van der Waals surface area contributed by atoms with Crippen molar-refractivity contribution in [3.8, 4) is 0 Å². The van der Waals surface area contributed by atoms with Crippen molar-refractivity contribution < 1.29 is 14.0 Å². The number of halogens is 1. The first-order valence-electron chi connectivity index (χ1n) is 6.73. The molecule has 0 atom stereocenters. The molecule has 0 saturated carbocycles. The third-order valence-corrected chi connectivity index (χ3v) is 3.96. The molecule has 1 heterocycles. The van der Waals surface area contributed by atoms with E-state index in [0.29, 0.717) is 12.1 Å². The average molecular weight is 305 g/mol. The Kier molecular flexibility index (Phi) is 5.63. The lowest BCUT2D eigenvalue weighted by molar-refractivity contribution is -0.121. The molecule has 3 nitrogen and oxygen atoms in total. The fraction of sp³-hybridized carbons (Fsp3) is 0.250. The summed E-state index contributed by atoms with van der Waals surface area (Å²) >= 11 is 1.66. The minimum atomic E-state index is -0.377. The second-order valence-electron chi connectivity index (χ2n) is 4.61. The molecule has 1 aromatic heterocycles. The van der Waals surface area contributed by atoms with Gasteiger partial charge in [0.2, 0.25) is 5.91 Å². The number of carbonyl (C=O) groups excluding carboxylic acids is 2. The molecule has 0 fully saturated rings. The summed E-state index contributed by atoms with van der Waals surface area (Å²) in [5.74, 6) is -0.664. The summed E-state index contributed by atoms with van der Waals surface area (Å²) in [6.45, 7) is 0.573. The molecule has 0 unspecified atom stereocenters. The molecular weight excluding hydrogens is 289 g/mol. The normalized spacial score (nSPS) is 10.3. The molecule has 0 bridgehead atoms. The first-order valence-corrected chi connectivity index (χ1v) is 7.61. The second-order valence-corrected chi connectivity index (χ2v) is 5.64. The van der Waals surface area contributed by atoms with Crippen LogP contribution in [0.1, 0.15) is 28.1 Å². The van der Waals surface area contributed by atoms with Gasteiger partial charge < -0.3 is 5.32 Å². The van der Waals surface area contributed by atoms with Gasteiger partial charge >= 0.3 is 0 Å². The summed E-state index contributed by atoms with van der Waals surface area (Å²) in [5.41, 5.74) is 0.433. The molecule has 1 N–H and O–H groups in total. The van der Waals surface area contributed by atoms with E-state index >= 15 is 0 Å². The highest BCUT2D eigenvalue weighted by atomic mass is 32.1. The van der Waals surface area contributed by atoms with Crippen molar-refractivity contribution in [3.63, 3.8) is 0 Å². The number of hydrogen-bond donors (Lipinski definition) is 1. The van der Waals surface area contributed by atoms with Gasteiger partial charge in [0.1, 0.15) is 5.82 Å². The van der Waals surface area contributed by atoms with E-state index < -0.39 is 0 Å². The van der Waals surface area contributed by atoms with Gasteiger partial charge in [0.05, 0.1) is 0 Å². The number of thiophene rings is 1. The number of Topliss-reactive ketones (excluding diaryl/α,β-unsaturated/α-hetero) is 1. The van der Waals surface area contributed by atoms with E-state index in [2.05, 4.69) is 5.32 Å². The zero-order valence-corrected chi connectivity index (χ0v) is 12.3. The Bertz CT molecular complexity index is 593. The zero-order chi connectivity index (χ0) is 15.1. The van der Waals surface area contributed by atoms with Crippen molar-refractivity contribution in [2.45, 2.75) is 19.3 Å². The molecule has 110 valence electrons. The summed E-state index contributed by atoms with van der Waals surface area (Å²) < 4.78 is 12.7. The van der Waals surface area contributed by atoms with Gasteiger partial charge in [-0.05, 0) is 42.1 Å². The molecule has 0 saturated heterocycles. The molecular formula is C16H16FNO2S. The lowest BCUT2D eigenvalue weighted by Crippen LogP contribution is -2.25. The maximum Gasteiger partial charge on any atom is 0.220 e. The van der Waals surface area contributed by atoms with Crippen LogP contribution in [0, 0.1) is 5.82 Å². The van der Waals surface area contributed by atoms with Crippen molar-refractivity contribution >= 4 is 23.0 Å². The van der Waals surface area contributed by atoms with Crippen molar-refractivity contribution in [2.24, 2.45) is 0 Å². The van der Waals surface area contributed by atoms with Crippen molar-refractivity contribution in [2.75, 3.05) is 6.54 Å². The van der Waals surface area contributed by atoms with Gasteiger partial charge in [-0.2, -0.15) is 0 Å². The van der Waals surface area contributed by atoms with Gasteiger partial charge in [-0.3, -0.25) is 9.59 Å². The van der Waals surface area contributed by atoms with E-state index in [-0.39, 0.29) is 30.3 Å². The second kappa shape index (κ2) is 7.69. The molecule has 0 aliphatic rings. The highest BCUT2D eigenvalue weighted by Gasteiger charge is 2.09. The zero-order valence-electron chi connectivity index (χ0n) is 11.5. The van der Waals surface area contributed by atoms with Crippen LogP contribution in [0.2, 0.25) is 0 Å². The molecule has 5 heteroatoms. The van der Waals surface area contributed by atoms with E-state index in [9.17, 15) is 14.0 Å². The Morgan fingerprint density at radius 1 is 1.10 bits per heavy atom. The Balaban J connectivity index is 1.68. The Morgan fingerprint density at radius 2 is 1.86 bits per heavy atom. The quantitative estimate of drug-likeness (QED) is 0.798. The number of hydrogen-bond acceptors (Lipinski definition) is 3. The molecule has 0 aliphatic heterocycles. The molecule has 0 radical (unpaired) electrons. The van der Waals surface area contributed by atoms with Gasteiger partial charge in [-0.15, -0.1) is 11.3 Å². The SMILES string of the molecule is O=C(CCC(=O)c1ccc(F)cc1)NCCc1cccs1. The lowest BCUT2D eigenvalue weighted by Gasteiger charge is -2.04. The Labute approximate surface area is 126 Å². The van der Waals surface area contributed by atoms with Gasteiger partial charge in [0.25, 0.3) is 0 Å². The number of nitrogens with one attached hydrogen (secondary N) is 1. The van der Waals surface area contributed by atoms with Crippen LogP contribution < -0.4 is 5.32 Å². The number of rotatable bonds is 7. The standard InChI is InChI=1S/C16H16FNO2S/c17-13-5-3-12(4-6-13)15(19)7-8-16(20)18-10-9-14-2-1-11-21-14/h1-6,11H,7-10H2,(H,18,20). The van der Waals surface area contributed by atoms with E-state index in [1.807, 2.05) is 17.5 Å². The number of ketones is 1. The van der Waals surface area contributed by atoms with Gasteiger partial charge in [-0.1, -0.05) is 6.07 Å². The van der Waals surface area contributed by atoms with Gasteiger partial charge in [-0.25, -0.2) is 4.39 Å². The summed E-state index contributed by atoms with van der Waals surface area (Å²) in [6.07, 6.45) is 1.09. The maximum absolute atomic E-state index is 12.7. The Hall–Kier alpha value is -2.01.